The topological polar surface area (TPSA) is 76.2 Å². The smallest absolute Gasteiger partial charge is 0.259 e. The van der Waals surface area contributed by atoms with E-state index in [0.29, 0.717) is 35.1 Å². The van der Waals surface area contributed by atoms with E-state index in [4.69, 9.17) is 9.47 Å². The number of carbonyl (C=O) groups is 1. The zero-order valence-corrected chi connectivity index (χ0v) is 12.6. The lowest BCUT2D eigenvalue weighted by molar-refractivity contribution is 0.102. The fraction of sp³-hybridized carbons (Fsp3) is 0.333. The molecule has 21 heavy (non-hydrogen) atoms. The quantitative estimate of drug-likeness (QED) is 0.887. The molecule has 0 bridgehead atoms. The van der Waals surface area contributed by atoms with Gasteiger partial charge in [-0.15, -0.1) is 0 Å². The second-order valence-corrected chi connectivity index (χ2v) is 4.56. The number of nitrogens with zero attached hydrogens (tertiary/aromatic N) is 1. The van der Waals surface area contributed by atoms with Gasteiger partial charge in [0, 0.05) is 17.4 Å². The molecular weight excluding hydrogens is 270 g/mol. The fourth-order valence-corrected chi connectivity index (χ4v) is 2.10. The third-order valence-corrected chi connectivity index (χ3v) is 3.08. The van der Waals surface area contributed by atoms with Crippen LogP contribution in [-0.4, -0.2) is 29.8 Å². The van der Waals surface area contributed by atoms with Crippen LogP contribution in [0.25, 0.3) is 0 Å². The highest BCUT2D eigenvalue weighted by Gasteiger charge is 2.16. The number of aromatic nitrogens is 2. The Morgan fingerprint density at radius 3 is 2.67 bits per heavy atom. The van der Waals surface area contributed by atoms with Crippen molar-refractivity contribution in [3.63, 3.8) is 0 Å². The third-order valence-electron chi connectivity index (χ3n) is 3.08. The highest BCUT2D eigenvalue weighted by molar-refractivity contribution is 6.05. The lowest BCUT2D eigenvalue weighted by Crippen LogP contribution is -2.13. The van der Waals surface area contributed by atoms with E-state index < -0.39 is 0 Å². The van der Waals surface area contributed by atoms with Crippen molar-refractivity contribution in [3.8, 4) is 11.5 Å². The minimum atomic E-state index is -0.202. The molecule has 2 rings (SSSR count). The third kappa shape index (κ3) is 3.16. The van der Waals surface area contributed by atoms with E-state index in [1.807, 2.05) is 13.8 Å². The van der Waals surface area contributed by atoms with Crippen LogP contribution in [0.5, 0.6) is 11.5 Å². The summed E-state index contributed by atoms with van der Waals surface area (Å²) in [5.41, 5.74) is 2.61. The standard InChI is InChI=1S/C15H19N3O3/c1-5-21-13-8-11(6-7-12(13)20-4)16-15(19)14-9(2)17-18-10(14)3/h6-8H,5H2,1-4H3,(H,16,19)(H,17,18). The van der Waals surface area contributed by atoms with Crippen molar-refractivity contribution in [2.75, 3.05) is 19.0 Å². The minimum absolute atomic E-state index is 0.202. The summed E-state index contributed by atoms with van der Waals surface area (Å²) in [7, 11) is 1.58. The second-order valence-electron chi connectivity index (χ2n) is 4.56. The van der Waals surface area contributed by atoms with Gasteiger partial charge in [0.05, 0.1) is 25.0 Å². The Hall–Kier alpha value is -2.50. The SMILES string of the molecule is CCOc1cc(NC(=O)c2c(C)n[nH]c2C)ccc1OC. The number of hydrogen-bond donors (Lipinski definition) is 2. The molecule has 6 nitrogen and oxygen atoms in total. The molecule has 0 aliphatic heterocycles. The number of anilines is 1. The van der Waals surface area contributed by atoms with Gasteiger partial charge in [-0.05, 0) is 32.9 Å². The summed E-state index contributed by atoms with van der Waals surface area (Å²) in [5, 5.41) is 9.66. The summed E-state index contributed by atoms with van der Waals surface area (Å²) in [6.45, 7) is 6.02. The molecule has 0 spiro atoms. The van der Waals surface area contributed by atoms with E-state index >= 15 is 0 Å². The Morgan fingerprint density at radius 2 is 2.10 bits per heavy atom. The molecule has 1 aromatic carbocycles. The predicted molar refractivity (Wildman–Crippen MR) is 80.2 cm³/mol. The maximum Gasteiger partial charge on any atom is 0.259 e. The van der Waals surface area contributed by atoms with Crippen molar-refractivity contribution in [2.24, 2.45) is 0 Å². The summed E-state index contributed by atoms with van der Waals surface area (Å²) in [5.74, 6) is 1.02. The molecule has 0 saturated heterocycles. The molecule has 112 valence electrons. The molecular formula is C15H19N3O3. The lowest BCUT2D eigenvalue weighted by Gasteiger charge is -2.12. The number of H-pyrrole nitrogens is 1. The van der Waals surface area contributed by atoms with Gasteiger partial charge in [-0.25, -0.2) is 0 Å². The van der Waals surface area contributed by atoms with Crippen molar-refractivity contribution in [1.82, 2.24) is 10.2 Å². The molecule has 0 fully saturated rings. The van der Waals surface area contributed by atoms with Crippen LogP contribution in [0.15, 0.2) is 18.2 Å². The van der Waals surface area contributed by atoms with Crippen LogP contribution < -0.4 is 14.8 Å². The molecule has 0 unspecified atom stereocenters. The largest absolute Gasteiger partial charge is 0.493 e. The average Bonchev–Trinajstić information content (AvgIpc) is 2.79. The highest BCUT2D eigenvalue weighted by Crippen LogP contribution is 2.30. The maximum atomic E-state index is 12.3. The molecule has 0 aliphatic carbocycles. The number of methoxy groups -OCH3 is 1. The molecule has 1 aromatic heterocycles. The Kier molecular flexibility index (Phi) is 4.47. The summed E-state index contributed by atoms with van der Waals surface area (Å²) < 4.78 is 10.7. The first-order valence-corrected chi connectivity index (χ1v) is 6.70. The van der Waals surface area contributed by atoms with E-state index in [-0.39, 0.29) is 5.91 Å². The van der Waals surface area contributed by atoms with E-state index in [9.17, 15) is 4.79 Å². The number of rotatable bonds is 5. The monoisotopic (exact) mass is 289 g/mol. The number of aromatic amines is 1. The number of amides is 1. The zero-order chi connectivity index (χ0) is 15.4. The fourth-order valence-electron chi connectivity index (χ4n) is 2.10. The minimum Gasteiger partial charge on any atom is -0.493 e. The Labute approximate surface area is 123 Å². The number of carbonyl (C=O) groups excluding carboxylic acids is 1. The van der Waals surface area contributed by atoms with Crippen LogP contribution in [0, 0.1) is 13.8 Å². The van der Waals surface area contributed by atoms with Gasteiger partial charge in [-0.3, -0.25) is 9.89 Å². The van der Waals surface area contributed by atoms with Crippen molar-refractivity contribution in [1.29, 1.82) is 0 Å². The van der Waals surface area contributed by atoms with Crippen LogP contribution in [0.1, 0.15) is 28.7 Å². The summed E-state index contributed by atoms with van der Waals surface area (Å²) in [6, 6.07) is 5.27. The summed E-state index contributed by atoms with van der Waals surface area (Å²) in [6.07, 6.45) is 0. The van der Waals surface area contributed by atoms with Crippen LogP contribution in [-0.2, 0) is 0 Å². The Bertz CT molecular complexity index is 630. The molecule has 1 heterocycles. The van der Waals surface area contributed by atoms with E-state index in [1.54, 1.807) is 32.2 Å². The number of hydrogen-bond acceptors (Lipinski definition) is 4. The van der Waals surface area contributed by atoms with Crippen molar-refractivity contribution < 1.29 is 14.3 Å². The van der Waals surface area contributed by atoms with E-state index in [1.165, 1.54) is 0 Å². The van der Waals surface area contributed by atoms with Gasteiger partial charge in [0.2, 0.25) is 0 Å². The number of ether oxygens (including phenoxy) is 2. The second kappa shape index (κ2) is 6.30. The normalized spacial score (nSPS) is 10.3. The van der Waals surface area contributed by atoms with Crippen molar-refractivity contribution >= 4 is 11.6 Å². The first-order valence-electron chi connectivity index (χ1n) is 6.70. The molecule has 0 atom stereocenters. The molecule has 0 aliphatic rings. The van der Waals surface area contributed by atoms with Crippen molar-refractivity contribution in [3.05, 3.63) is 35.2 Å². The van der Waals surface area contributed by atoms with Crippen LogP contribution in [0.3, 0.4) is 0 Å². The van der Waals surface area contributed by atoms with Crippen LogP contribution in [0.2, 0.25) is 0 Å². The first-order chi connectivity index (χ1) is 10.1. The Balaban J connectivity index is 2.23. The lowest BCUT2D eigenvalue weighted by atomic mass is 10.2. The molecule has 0 saturated carbocycles. The maximum absolute atomic E-state index is 12.3. The van der Waals surface area contributed by atoms with Gasteiger partial charge >= 0.3 is 0 Å². The van der Waals surface area contributed by atoms with Gasteiger partial charge in [-0.1, -0.05) is 0 Å². The number of benzene rings is 1. The molecule has 1 amide bonds. The van der Waals surface area contributed by atoms with Gasteiger partial charge < -0.3 is 14.8 Å². The van der Waals surface area contributed by atoms with Crippen LogP contribution in [0.4, 0.5) is 5.69 Å². The Morgan fingerprint density at radius 1 is 1.33 bits per heavy atom. The summed E-state index contributed by atoms with van der Waals surface area (Å²) >= 11 is 0. The first kappa shape index (κ1) is 14.9. The van der Waals surface area contributed by atoms with Crippen LogP contribution >= 0.6 is 0 Å². The van der Waals surface area contributed by atoms with Gasteiger partial charge in [0.25, 0.3) is 5.91 Å². The molecule has 6 heteroatoms. The van der Waals surface area contributed by atoms with E-state index in [2.05, 4.69) is 15.5 Å². The average molecular weight is 289 g/mol. The summed E-state index contributed by atoms with van der Waals surface area (Å²) in [4.78, 5) is 12.3. The van der Waals surface area contributed by atoms with Crippen molar-refractivity contribution in [2.45, 2.75) is 20.8 Å². The number of nitrogens with one attached hydrogen (secondary N) is 2. The zero-order valence-electron chi connectivity index (χ0n) is 12.6. The van der Waals surface area contributed by atoms with Gasteiger partial charge in [0.15, 0.2) is 11.5 Å². The van der Waals surface area contributed by atoms with Gasteiger partial charge in [0.1, 0.15) is 0 Å². The molecule has 0 radical (unpaired) electrons. The number of aryl methyl sites for hydroxylation is 2. The molecule has 2 aromatic rings. The van der Waals surface area contributed by atoms with Gasteiger partial charge in [-0.2, -0.15) is 5.10 Å². The molecule has 2 N–H and O–H groups in total. The predicted octanol–water partition coefficient (Wildman–Crippen LogP) is 2.69. The highest BCUT2D eigenvalue weighted by atomic mass is 16.5. The van der Waals surface area contributed by atoms with E-state index in [0.717, 1.165) is 5.69 Å².